The second kappa shape index (κ2) is 14.8. The van der Waals surface area contributed by atoms with Crippen LogP contribution in [0.4, 0.5) is 0 Å². The van der Waals surface area contributed by atoms with E-state index in [1.54, 1.807) is 0 Å². The lowest BCUT2D eigenvalue weighted by atomic mass is 9.92. The number of hydrogen-bond acceptors (Lipinski definition) is 7. The summed E-state index contributed by atoms with van der Waals surface area (Å²) in [5.41, 5.74) is 1.91. The Hall–Kier alpha value is -1.28. The van der Waals surface area contributed by atoms with Crippen LogP contribution >= 0.6 is 0 Å². The van der Waals surface area contributed by atoms with Crippen molar-refractivity contribution in [3.05, 3.63) is 12.2 Å². The Morgan fingerprint density at radius 1 is 1.19 bits per heavy atom. The minimum Gasteiger partial charge on any atom is -0.465 e. The lowest BCUT2D eigenvalue weighted by molar-refractivity contribution is -0.258. The van der Waals surface area contributed by atoms with Gasteiger partial charge in [-0.3, -0.25) is 9.69 Å². The van der Waals surface area contributed by atoms with Crippen LogP contribution in [0.3, 0.4) is 0 Å². The van der Waals surface area contributed by atoms with Gasteiger partial charge in [0, 0.05) is 30.8 Å². The predicted octanol–water partition coefficient (Wildman–Crippen LogP) is 5.73. The van der Waals surface area contributed by atoms with Crippen molar-refractivity contribution < 1.29 is 19.0 Å². The molecule has 0 saturated carbocycles. The first-order chi connectivity index (χ1) is 17.3. The number of rotatable bonds is 10. The van der Waals surface area contributed by atoms with E-state index in [-0.39, 0.29) is 48.4 Å². The van der Waals surface area contributed by atoms with Crippen LogP contribution in [-0.4, -0.2) is 79.4 Å². The van der Waals surface area contributed by atoms with Gasteiger partial charge in [-0.1, -0.05) is 46.8 Å². The van der Waals surface area contributed by atoms with E-state index < -0.39 is 0 Å². The van der Waals surface area contributed by atoms with Crippen LogP contribution in [0.2, 0.25) is 0 Å². The highest BCUT2D eigenvalue weighted by molar-refractivity contribution is 5.88. The molecule has 0 radical (unpaired) electrons. The van der Waals surface area contributed by atoms with Crippen LogP contribution < -0.4 is 0 Å². The van der Waals surface area contributed by atoms with Gasteiger partial charge in [-0.2, -0.15) is 0 Å². The summed E-state index contributed by atoms with van der Waals surface area (Å²) in [6.07, 6.45) is 4.88. The van der Waals surface area contributed by atoms with Crippen molar-refractivity contribution in [2.24, 2.45) is 23.7 Å². The molecule has 37 heavy (non-hydrogen) atoms. The lowest BCUT2D eigenvalue weighted by Crippen LogP contribution is -2.54. The molecule has 2 heterocycles. The van der Waals surface area contributed by atoms with Crippen molar-refractivity contribution in [1.82, 2.24) is 9.80 Å². The molecule has 214 valence electrons. The van der Waals surface area contributed by atoms with Gasteiger partial charge in [-0.25, -0.2) is 0 Å². The Balaban J connectivity index is 2.32. The zero-order valence-electron chi connectivity index (χ0n) is 25.1. The fourth-order valence-electron chi connectivity index (χ4n) is 5.63. The van der Waals surface area contributed by atoms with E-state index in [1.807, 2.05) is 20.8 Å². The van der Waals surface area contributed by atoms with Crippen molar-refractivity contribution in [3.8, 4) is 0 Å². The molecule has 5 unspecified atom stereocenters. The Morgan fingerprint density at radius 3 is 2.49 bits per heavy atom. The molecule has 1 N–H and O–H groups in total. The molecule has 0 aliphatic carbocycles. The zero-order valence-corrected chi connectivity index (χ0v) is 25.1. The molecule has 0 aromatic carbocycles. The third kappa shape index (κ3) is 9.76. The number of nitrogens with zero attached hydrogens (tertiary/aromatic N) is 2. The fourth-order valence-corrected chi connectivity index (χ4v) is 5.63. The molecule has 2 saturated heterocycles. The van der Waals surface area contributed by atoms with Gasteiger partial charge in [0.15, 0.2) is 6.29 Å². The summed E-state index contributed by atoms with van der Waals surface area (Å²) in [4.78, 5) is 17.3. The molecule has 0 spiro atoms. The average Bonchev–Trinajstić information content (AvgIpc) is 2.86. The van der Waals surface area contributed by atoms with Crippen molar-refractivity contribution in [1.29, 1.82) is 5.41 Å². The number of ether oxygens (including phenoxy) is 3. The van der Waals surface area contributed by atoms with Gasteiger partial charge in [0.05, 0.1) is 18.6 Å². The number of carbonyl (C=O) groups excluding carboxylic acids is 1. The monoisotopic (exact) mass is 521 g/mol. The smallest absolute Gasteiger partial charge is 0.308 e. The fraction of sp³-hybridized carbons (Fsp3) is 0.867. The van der Waals surface area contributed by atoms with Crippen molar-refractivity contribution in [3.63, 3.8) is 0 Å². The average molecular weight is 522 g/mol. The summed E-state index contributed by atoms with van der Waals surface area (Å²) in [6, 6.07) is 0.294. The third-order valence-corrected chi connectivity index (χ3v) is 8.03. The number of carbonyl (C=O) groups is 1. The molecule has 0 aromatic rings. The maximum Gasteiger partial charge on any atom is 0.308 e. The summed E-state index contributed by atoms with van der Waals surface area (Å²) < 4.78 is 18.7. The summed E-state index contributed by atoms with van der Waals surface area (Å²) >= 11 is 0. The Bertz CT molecular complexity index is 755. The van der Waals surface area contributed by atoms with Crippen LogP contribution in [0.25, 0.3) is 0 Å². The molecule has 0 aromatic heterocycles. The van der Waals surface area contributed by atoms with Crippen molar-refractivity contribution in [2.45, 2.75) is 118 Å². The van der Waals surface area contributed by atoms with Gasteiger partial charge in [-0.15, -0.1) is 0 Å². The van der Waals surface area contributed by atoms with E-state index in [9.17, 15) is 4.79 Å². The molecule has 2 rings (SSSR count). The maximum absolute atomic E-state index is 12.7. The molecule has 7 nitrogen and oxygen atoms in total. The number of nitrogens with one attached hydrogen (secondary N) is 1. The zero-order chi connectivity index (χ0) is 27.9. The first-order valence-electron chi connectivity index (χ1n) is 14.4. The Morgan fingerprint density at radius 2 is 1.86 bits per heavy atom. The van der Waals surface area contributed by atoms with E-state index in [1.165, 1.54) is 5.57 Å². The quantitative estimate of drug-likeness (QED) is 0.292. The van der Waals surface area contributed by atoms with Gasteiger partial charge in [-0.05, 0) is 77.8 Å². The first kappa shape index (κ1) is 31.9. The van der Waals surface area contributed by atoms with E-state index in [0.717, 1.165) is 37.8 Å². The van der Waals surface area contributed by atoms with Crippen LogP contribution in [0.15, 0.2) is 12.2 Å². The summed E-state index contributed by atoms with van der Waals surface area (Å²) in [5.74, 6) is 0.157. The summed E-state index contributed by atoms with van der Waals surface area (Å²) in [7, 11) is 4.22. The van der Waals surface area contributed by atoms with Crippen LogP contribution in [0.5, 0.6) is 0 Å². The van der Waals surface area contributed by atoms with Gasteiger partial charge in [0.25, 0.3) is 0 Å². The SMILES string of the molecule is C=C1CCCC(C)C(=N)[C@H](C)N([C@H](OC2CC(N(C)C)CC(C)O2)[C@@H](C)CC(C)C(=O)OCC(C)C)C1. The van der Waals surface area contributed by atoms with Crippen LogP contribution in [0.1, 0.15) is 87.0 Å². The van der Waals surface area contributed by atoms with Crippen molar-refractivity contribution >= 4 is 11.7 Å². The van der Waals surface area contributed by atoms with Gasteiger partial charge < -0.3 is 24.5 Å². The summed E-state index contributed by atoms with van der Waals surface area (Å²) in [5, 5.41) is 8.97. The topological polar surface area (TPSA) is 75.1 Å². The van der Waals surface area contributed by atoms with E-state index in [4.69, 9.17) is 19.6 Å². The standard InChI is InChI=1S/C30H55N3O4/c1-19(2)18-35-30(34)23(6)14-22(5)29(37-27-16-26(32(9)10)15-24(7)36-27)33-17-20(3)12-11-13-21(4)28(31)25(33)8/h19,21-27,29,31H,3,11-18H2,1-2,4-10H3/t21?,22-,23?,24?,25-,26?,27?,29+/m0/s1. The van der Waals surface area contributed by atoms with Crippen LogP contribution in [0, 0.1) is 29.1 Å². The van der Waals surface area contributed by atoms with Gasteiger partial charge >= 0.3 is 5.97 Å². The third-order valence-electron chi connectivity index (χ3n) is 8.03. The molecule has 8 atom stereocenters. The number of hydrogen-bond donors (Lipinski definition) is 1. The molecule has 2 fully saturated rings. The van der Waals surface area contributed by atoms with E-state index in [0.29, 0.717) is 31.5 Å². The molecule has 2 aliphatic heterocycles. The van der Waals surface area contributed by atoms with E-state index in [2.05, 4.69) is 58.2 Å². The van der Waals surface area contributed by atoms with Gasteiger partial charge in [0.2, 0.25) is 0 Å². The molecule has 2 aliphatic rings. The number of esters is 1. The van der Waals surface area contributed by atoms with E-state index >= 15 is 0 Å². The highest BCUT2D eigenvalue weighted by Gasteiger charge is 2.38. The molecule has 0 bridgehead atoms. The Kier molecular flexibility index (Phi) is 12.7. The predicted molar refractivity (Wildman–Crippen MR) is 151 cm³/mol. The lowest BCUT2D eigenvalue weighted by Gasteiger charge is -2.44. The molecule has 0 amide bonds. The minimum atomic E-state index is -0.341. The minimum absolute atomic E-state index is 0.0272. The largest absolute Gasteiger partial charge is 0.465 e. The Labute approximate surface area is 226 Å². The molecule has 7 heteroatoms. The second-order valence-corrected chi connectivity index (χ2v) is 12.5. The first-order valence-corrected chi connectivity index (χ1v) is 14.4. The summed E-state index contributed by atoms with van der Waals surface area (Å²) in [6.45, 7) is 20.1. The normalized spacial score (nSPS) is 30.9. The molecular weight excluding hydrogens is 466 g/mol. The van der Waals surface area contributed by atoms with Crippen molar-refractivity contribution in [2.75, 3.05) is 27.2 Å². The van der Waals surface area contributed by atoms with Crippen LogP contribution in [-0.2, 0) is 19.0 Å². The van der Waals surface area contributed by atoms with Gasteiger partial charge in [0.1, 0.15) is 6.23 Å². The highest BCUT2D eigenvalue weighted by Crippen LogP contribution is 2.32. The highest BCUT2D eigenvalue weighted by atomic mass is 16.7. The molecular formula is C30H55N3O4. The second-order valence-electron chi connectivity index (χ2n) is 12.5. The maximum atomic E-state index is 12.7.